The van der Waals surface area contributed by atoms with E-state index >= 15 is 0 Å². The molecule has 0 radical (unpaired) electrons. The first kappa shape index (κ1) is 22.2. The van der Waals surface area contributed by atoms with E-state index < -0.39 is 0 Å². The third-order valence-corrected chi connectivity index (χ3v) is 7.84. The van der Waals surface area contributed by atoms with Crippen molar-refractivity contribution in [1.82, 2.24) is 5.32 Å². The summed E-state index contributed by atoms with van der Waals surface area (Å²) in [5, 5.41) is 6.94. The molecule has 4 aliphatic rings. The first-order valence-electron chi connectivity index (χ1n) is 12.7. The van der Waals surface area contributed by atoms with Crippen LogP contribution in [0.1, 0.15) is 71.6 Å². The number of Topliss-reactive ketones (excluding diaryl/α,β-unsaturated/α-hetero) is 1. The Balaban J connectivity index is 1.57. The molecule has 33 heavy (non-hydrogen) atoms. The lowest BCUT2D eigenvalue weighted by Crippen LogP contribution is -2.50. The van der Waals surface area contributed by atoms with Gasteiger partial charge in [0.25, 0.3) is 0 Å². The van der Waals surface area contributed by atoms with E-state index in [0.717, 1.165) is 61.2 Å². The number of para-hydroxylation sites is 2. The maximum absolute atomic E-state index is 13.7. The van der Waals surface area contributed by atoms with Crippen LogP contribution in [0.5, 0.6) is 0 Å². The van der Waals surface area contributed by atoms with E-state index in [1.807, 2.05) is 12.1 Å². The number of anilines is 2. The molecule has 5 nitrogen and oxygen atoms in total. The second-order valence-electron chi connectivity index (χ2n) is 11.1. The zero-order valence-corrected chi connectivity index (χ0v) is 20.0. The molecule has 5 rings (SSSR count). The number of fused-ring (bicyclic) bond motifs is 1. The number of carbonyl (C=O) groups is 2. The molecule has 1 heterocycles. The SMILES string of the molecule is CC1(C)CC(=O)C2=C(C1)Nc1ccccc1N(CC(=O)NC1CCCC1)C2C1CC=CCC1. The van der Waals surface area contributed by atoms with Gasteiger partial charge in [-0.3, -0.25) is 9.59 Å². The highest BCUT2D eigenvalue weighted by Crippen LogP contribution is 2.46. The van der Waals surface area contributed by atoms with Crippen LogP contribution in [0, 0.1) is 11.3 Å². The monoisotopic (exact) mass is 447 g/mol. The topological polar surface area (TPSA) is 61.4 Å². The Hall–Kier alpha value is -2.56. The molecule has 0 spiro atoms. The van der Waals surface area contributed by atoms with Gasteiger partial charge in [-0.25, -0.2) is 0 Å². The largest absolute Gasteiger partial charge is 0.357 e. The molecule has 0 bridgehead atoms. The Morgan fingerprint density at radius 1 is 1.12 bits per heavy atom. The van der Waals surface area contributed by atoms with Crippen molar-refractivity contribution in [1.29, 1.82) is 0 Å². The Morgan fingerprint density at radius 2 is 1.91 bits per heavy atom. The lowest BCUT2D eigenvalue weighted by atomic mass is 9.71. The summed E-state index contributed by atoms with van der Waals surface area (Å²) in [6, 6.07) is 8.46. The highest BCUT2D eigenvalue weighted by molar-refractivity contribution is 6.01. The minimum absolute atomic E-state index is 0.0656. The average molecular weight is 448 g/mol. The molecular formula is C28H37N3O2. The Morgan fingerprint density at radius 3 is 2.67 bits per heavy atom. The van der Waals surface area contributed by atoms with Gasteiger partial charge in [0, 0.05) is 23.7 Å². The highest BCUT2D eigenvalue weighted by Gasteiger charge is 2.44. The van der Waals surface area contributed by atoms with Crippen LogP contribution >= 0.6 is 0 Å². The summed E-state index contributed by atoms with van der Waals surface area (Å²) in [6.07, 6.45) is 13.5. The molecular weight excluding hydrogens is 410 g/mol. The molecule has 0 aromatic heterocycles. The fourth-order valence-electron chi connectivity index (χ4n) is 6.36. The molecule has 1 amide bonds. The minimum Gasteiger partial charge on any atom is -0.357 e. The predicted octanol–water partition coefficient (Wildman–Crippen LogP) is 5.35. The molecule has 5 heteroatoms. The van der Waals surface area contributed by atoms with Crippen LogP contribution in [0.25, 0.3) is 0 Å². The number of hydrogen-bond acceptors (Lipinski definition) is 4. The second-order valence-corrected chi connectivity index (χ2v) is 11.1. The first-order chi connectivity index (χ1) is 15.9. The van der Waals surface area contributed by atoms with E-state index in [1.54, 1.807) is 0 Å². The number of nitrogens with zero attached hydrogens (tertiary/aromatic N) is 1. The number of rotatable bonds is 4. The molecule has 1 aromatic rings. The molecule has 1 aliphatic heterocycles. The lowest BCUT2D eigenvalue weighted by Gasteiger charge is -2.42. The summed E-state index contributed by atoms with van der Waals surface area (Å²) < 4.78 is 0. The number of carbonyl (C=O) groups excluding carboxylic acids is 2. The lowest BCUT2D eigenvalue weighted by molar-refractivity contribution is -0.121. The maximum atomic E-state index is 13.7. The van der Waals surface area contributed by atoms with Gasteiger partial charge in [-0.1, -0.05) is 51.0 Å². The van der Waals surface area contributed by atoms with Crippen molar-refractivity contribution < 1.29 is 9.59 Å². The Labute approximate surface area is 197 Å². The van der Waals surface area contributed by atoms with Gasteiger partial charge in [0.2, 0.25) is 5.91 Å². The number of amides is 1. The van der Waals surface area contributed by atoms with E-state index in [1.165, 1.54) is 12.8 Å². The van der Waals surface area contributed by atoms with Crippen molar-refractivity contribution >= 4 is 23.1 Å². The smallest absolute Gasteiger partial charge is 0.239 e. The quantitative estimate of drug-likeness (QED) is 0.611. The van der Waals surface area contributed by atoms with Crippen LogP contribution in [0.15, 0.2) is 47.7 Å². The van der Waals surface area contributed by atoms with Gasteiger partial charge in [-0.15, -0.1) is 0 Å². The summed E-state index contributed by atoms with van der Waals surface area (Å²) in [5.41, 5.74) is 3.93. The van der Waals surface area contributed by atoms with Crippen LogP contribution in [-0.4, -0.2) is 30.3 Å². The molecule has 2 unspecified atom stereocenters. The van der Waals surface area contributed by atoms with Crippen LogP contribution in [0.3, 0.4) is 0 Å². The second kappa shape index (κ2) is 9.00. The molecule has 1 aromatic carbocycles. The molecule has 1 fully saturated rings. The average Bonchev–Trinajstić information content (AvgIpc) is 3.24. The first-order valence-corrected chi connectivity index (χ1v) is 12.7. The van der Waals surface area contributed by atoms with Gasteiger partial charge in [-0.2, -0.15) is 0 Å². The Kier molecular flexibility index (Phi) is 6.07. The molecule has 176 valence electrons. The number of ketones is 1. The van der Waals surface area contributed by atoms with Crippen LogP contribution in [0.4, 0.5) is 11.4 Å². The summed E-state index contributed by atoms with van der Waals surface area (Å²) >= 11 is 0. The van der Waals surface area contributed by atoms with Gasteiger partial charge in [-0.05, 0) is 62.0 Å². The number of hydrogen-bond donors (Lipinski definition) is 2. The van der Waals surface area contributed by atoms with Gasteiger partial charge < -0.3 is 15.5 Å². The number of allylic oxidation sites excluding steroid dienone is 3. The van der Waals surface area contributed by atoms with Crippen molar-refractivity contribution in [2.45, 2.75) is 83.7 Å². The highest BCUT2D eigenvalue weighted by atomic mass is 16.2. The van der Waals surface area contributed by atoms with Gasteiger partial charge >= 0.3 is 0 Å². The fraction of sp³-hybridized carbons (Fsp3) is 0.571. The molecule has 1 saturated carbocycles. The minimum atomic E-state index is -0.0842. The zero-order chi connectivity index (χ0) is 23.0. The van der Waals surface area contributed by atoms with Crippen molar-refractivity contribution in [2.75, 3.05) is 16.8 Å². The molecule has 2 atom stereocenters. The van der Waals surface area contributed by atoms with E-state index in [2.05, 4.69) is 53.7 Å². The Bertz CT molecular complexity index is 987. The van der Waals surface area contributed by atoms with E-state index in [-0.39, 0.29) is 29.7 Å². The third kappa shape index (κ3) is 4.60. The van der Waals surface area contributed by atoms with E-state index in [4.69, 9.17) is 0 Å². The van der Waals surface area contributed by atoms with E-state index in [0.29, 0.717) is 18.4 Å². The van der Waals surface area contributed by atoms with E-state index in [9.17, 15) is 9.59 Å². The van der Waals surface area contributed by atoms with Gasteiger partial charge in [0.05, 0.1) is 24.0 Å². The maximum Gasteiger partial charge on any atom is 0.239 e. The summed E-state index contributed by atoms with van der Waals surface area (Å²) in [7, 11) is 0. The summed E-state index contributed by atoms with van der Waals surface area (Å²) in [6.45, 7) is 4.64. The zero-order valence-electron chi connectivity index (χ0n) is 20.0. The van der Waals surface area contributed by atoms with Gasteiger partial charge in [0.1, 0.15) is 0 Å². The predicted molar refractivity (Wildman–Crippen MR) is 133 cm³/mol. The van der Waals surface area contributed by atoms with Crippen LogP contribution < -0.4 is 15.5 Å². The normalized spacial score (nSPS) is 27.0. The third-order valence-electron chi connectivity index (χ3n) is 7.84. The molecule has 0 saturated heterocycles. The molecule has 3 aliphatic carbocycles. The molecule has 2 N–H and O–H groups in total. The van der Waals surface area contributed by atoms with Crippen molar-refractivity contribution in [3.8, 4) is 0 Å². The van der Waals surface area contributed by atoms with Crippen molar-refractivity contribution in [3.05, 3.63) is 47.7 Å². The number of benzene rings is 1. The van der Waals surface area contributed by atoms with Crippen molar-refractivity contribution in [3.63, 3.8) is 0 Å². The summed E-state index contributed by atoms with van der Waals surface area (Å²) in [4.78, 5) is 29.2. The number of nitrogens with one attached hydrogen (secondary N) is 2. The van der Waals surface area contributed by atoms with Crippen LogP contribution in [-0.2, 0) is 9.59 Å². The van der Waals surface area contributed by atoms with Crippen LogP contribution in [0.2, 0.25) is 0 Å². The summed E-state index contributed by atoms with van der Waals surface area (Å²) in [5.74, 6) is 0.625. The fourth-order valence-corrected chi connectivity index (χ4v) is 6.36. The van der Waals surface area contributed by atoms with Gasteiger partial charge in [0.15, 0.2) is 5.78 Å². The standard InChI is InChI=1S/C28H37N3O2/c1-28(2)16-22-26(24(32)17-28)27(19-10-4-3-5-11-19)31(23-15-9-8-14-21(23)30-22)18-25(33)29-20-12-6-7-13-20/h3-4,8-9,14-15,19-20,27,30H,5-7,10-13,16-18H2,1-2H3,(H,29,33). The van der Waals surface area contributed by atoms with Crippen molar-refractivity contribution in [2.24, 2.45) is 11.3 Å².